The number of hydrogen-bond donors (Lipinski definition) is 1. The minimum atomic E-state index is 0.299. The first-order valence-corrected chi connectivity index (χ1v) is 5.96. The molecule has 0 aliphatic heterocycles. The molecule has 1 saturated carbocycles. The SMILES string of the molecule is CCC(CC#N)NCc1cncn1C1CC1. The maximum absolute atomic E-state index is 8.67. The second kappa shape index (κ2) is 5.13. The molecule has 16 heavy (non-hydrogen) atoms. The summed E-state index contributed by atoms with van der Waals surface area (Å²) in [5.74, 6) is 0. The van der Waals surface area contributed by atoms with Crippen LogP contribution < -0.4 is 5.32 Å². The number of nitrogens with one attached hydrogen (secondary N) is 1. The zero-order valence-corrected chi connectivity index (χ0v) is 9.69. The van der Waals surface area contributed by atoms with Gasteiger partial charge in [0.25, 0.3) is 0 Å². The Labute approximate surface area is 96.3 Å². The largest absolute Gasteiger partial charge is 0.330 e. The topological polar surface area (TPSA) is 53.6 Å². The Bertz CT molecular complexity index is 373. The van der Waals surface area contributed by atoms with Gasteiger partial charge in [0.05, 0.1) is 24.5 Å². The summed E-state index contributed by atoms with van der Waals surface area (Å²) in [6.45, 7) is 2.92. The average molecular weight is 218 g/mol. The number of imidazole rings is 1. The van der Waals surface area contributed by atoms with Gasteiger partial charge >= 0.3 is 0 Å². The molecule has 1 heterocycles. The van der Waals surface area contributed by atoms with Crippen molar-refractivity contribution < 1.29 is 0 Å². The van der Waals surface area contributed by atoms with Crippen molar-refractivity contribution in [1.82, 2.24) is 14.9 Å². The molecule has 1 aromatic heterocycles. The van der Waals surface area contributed by atoms with Crippen LogP contribution in [0.2, 0.25) is 0 Å². The average Bonchev–Trinajstić information content (AvgIpc) is 3.04. The van der Waals surface area contributed by atoms with E-state index in [1.165, 1.54) is 18.5 Å². The maximum Gasteiger partial charge on any atom is 0.0951 e. The molecular formula is C12H18N4. The van der Waals surface area contributed by atoms with Crippen molar-refractivity contribution in [3.63, 3.8) is 0 Å². The van der Waals surface area contributed by atoms with Crippen LogP contribution in [0.25, 0.3) is 0 Å². The summed E-state index contributed by atoms with van der Waals surface area (Å²) in [5, 5.41) is 12.1. The second-order valence-electron chi connectivity index (χ2n) is 4.37. The van der Waals surface area contributed by atoms with Crippen LogP contribution in [-0.2, 0) is 6.54 Å². The Morgan fingerprint density at radius 1 is 1.69 bits per heavy atom. The highest BCUT2D eigenvalue weighted by Crippen LogP contribution is 2.35. The van der Waals surface area contributed by atoms with Gasteiger partial charge in [-0.15, -0.1) is 0 Å². The van der Waals surface area contributed by atoms with Crippen LogP contribution in [0.5, 0.6) is 0 Å². The fourth-order valence-corrected chi connectivity index (χ4v) is 1.87. The lowest BCUT2D eigenvalue weighted by molar-refractivity contribution is 0.491. The van der Waals surface area contributed by atoms with Gasteiger partial charge in [0.1, 0.15) is 0 Å². The quantitative estimate of drug-likeness (QED) is 0.794. The molecule has 0 spiro atoms. The van der Waals surface area contributed by atoms with Gasteiger partial charge in [-0.3, -0.25) is 0 Å². The van der Waals surface area contributed by atoms with Crippen molar-refractivity contribution in [3.8, 4) is 6.07 Å². The van der Waals surface area contributed by atoms with Crippen LogP contribution in [0.3, 0.4) is 0 Å². The lowest BCUT2D eigenvalue weighted by Gasteiger charge is -2.14. The first-order chi connectivity index (χ1) is 7.85. The molecule has 0 bridgehead atoms. The predicted molar refractivity (Wildman–Crippen MR) is 61.6 cm³/mol. The summed E-state index contributed by atoms with van der Waals surface area (Å²) in [6.07, 6.45) is 7.96. The normalized spacial score (nSPS) is 17.0. The summed E-state index contributed by atoms with van der Waals surface area (Å²) < 4.78 is 2.26. The van der Waals surface area contributed by atoms with E-state index in [1.807, 2.05) is 12.5 Å². The van der Waals surface area contributed by atoms with E-state index in [4.69, 9.17) is 5.26 Å². The van der Waals surface area contributed by atoms with Crippen molar-refractivity contribution >= 4 is 0 Å². The van der Waals surface area contributed by atoms with Crippen LogP contribution in [0.1, 0.15) is 44.3 Å². The van der Waals surface area contributed by atoms with Gasteiger partial charge < -0.3 is 9.88 Å². The monoisotopic (exact) mass is 218 g/mol. The number of rotatable bonds is 6. The molecule has 2 rings (SSSR count). The molecule has 4 heteroatoms. The number of hydrogen-bond acceptors (Lipinski definition) is 3. The first-order valence-electron chi connectivity index (χ1n) is 5.96. The molecule has 86 valence electrons. The molecule has 1 atom stereocenters. The lowest BCUT2D eigenvalue weighted by atomic mass is 10.1. The third kappa shape index (κ3) is 2.61. The van der Waals surface area contributed by atoms with Gasteiger partial charge in [-0.2, -0.15) is 5.26 Å². The van der Waals surface area contributed by atoms with E-state index in [0.717, 1.165) is 13.0 Å². The highest BCUT2D eigenvalue weighted by atomic mass is 15.1. The van der Waals surface area contributed by atoms with Crippen LogP contribution >= 0.6 is 0 Å². The highest BCUT2D eigenvalue weighted by Gasteiger charge is 2.25. The van der Waals surface area contributed by atoms with Crippen molar-refractivity contribution in [2.24, 2.45) is 0 Å². The number of aromatic nitrogens is 2. The number of nitriles is 1. The standard InChI is InChI=1S/C12H18N4/c1-2-10(5-6-13)15-8-12-7-14-9-16(12)11-3-4-11/h7,9-11,15H,2-5,8H2,1H3. The molecule has 0 amide bonds. The molecule has 1 unspecified atom stereocenters. The third-order valence-corrected chi connectivity index (χ3v) is 3.09. The van der Waals surface area contributed by atoms with Crippen molar-refractivity contribution in [1.29, 1.82) is 5.26 Å². The van der Waals surface area contributed by atoms with Gasteiger partial charge in [0, 0.05) is 24.8 Å². The van der Waals surface area contributed by atoms with E-state index in [2.05, 4.69) is 27.9 Å². The van der Waals surface area contributed by atoms with E-state index in [-0.39, 0.29) is 0 Å². The van der Waals surface area contributed by atoms with Crippen LogP contribution in [0.15, 0.2) is 12.5 Å². The number of nitrogens with zero attached hydrogens (tertiary/aromatic N) is 3. The molecule has 4 nitrogen and oxygen atoms in total. The maximum atomic E-state index is 8.67. The summed E-state index contributed by atoms with van der Waals surface area (Å²) >= 11 is 0. The Morgan fingerprint density at radius 3 is 3.12 bits per heavy atom. The van der Waals surface area contributed by atoms with Crippen LogP contribution in [0, 0.1) is 11.3 Å². The second-order valence-corrected chi connectivity index (χ2v) is 4.37. The molecule has 1 N–H and O–H groups in total. The van der Waals surface area contributed by atoms with Crippen LogP contribution in [0.4, 0.5) is 0 Å². The molecule has 0 radical (unpaired) electrons. The first kappa shape index (κ1) is 11.2. The molecule has 1 aromatic rings. The summed E-state index contributed by atoms with van der Waals surface area (Å²) in [6, 6.07) is 3.19. The Morgan fingerprint density at radius 2 is 2.50 bits per heavy atom. The van der Waals surface area contributed by atoms with Crippen molar-refractivity contribution in [3.05, 3.63) is 18.2 Å². The Balaban J connectivity index is 1.88. The Hall–Kier alpha value is -1.34. The molecule has 0 aromatic carbocycles. The van der Waals surface area contributed by atoms with Gasteiger partial charge in [-0.1, -0.05) is 6.92 Å². The fraction of sp³-hybridized carbons (Fsp3) is 0.667. The summed E-state index contributed by atoms with van der Waals surface area (Å²) in [7, 11) is 0. The smallest absolute Gasteiger partial charge is 0.0951 e. The molecular weight excluding hydrogens is 200 g/mol. The highest BCUT2D eigenvalue weighted by molar-refractivity contribution is 5.03. The van der Waals surface area contributed by atoms with E-state index < -0.39 is 0 Å². The van der Waals surface area contributed by atoms with Crippen molar-refractivity contribution in [2.75, 3.05) is 0 Å². The van der Waals surface area contributed by atoms with Gasteiger partial charge in [-0.25, -0.2) is 4.98 Å². The Kier molecular flexibility index (Phi) is 3.58. The van der Waals surface area contributed by atoms with E-state index in [1.54, 1.807) is 0 Å². The summed E-state index contributed by atoms with van der Waals surface area (Å²) in [5.41, 5.74) is 1.24. The minimum Gasteiger partial charge on any atom is -0.330 e. The van der Waals surface area contributed by atoms with E-state index in [0.29, 0.717) is 18.5 Å². The van der Waals surface area contributed by atoms with Crippen molar-refractivity contribution in [2.45, 2.75) is 51.2 Å². The van der Waals surface area contributed by atoms with E-state index in [9.17, 15) is 0 Å². The molecule has 1 aliphatic rings. The van der Waals surface area contributed by atoms with Gasteiger partial charge in [0.15, 0.2) is 0 Å². The lowest BCUT2D eigenvalue weighted by Crippen LogP contribution is -2.28. The van der Waals surface area contributed by atoms with Gasteiger partial charge in [0.2, 0.25) is 0 Å². The molecule has 0 saturated heterocycles. The zero-order chi connectivity index (χ0) is 11.4. The summed E-state index contributed by atoms with van der Waals surface area (Å²) in [4.78, 5) is 4.19. The minimum absolute atomic E-state index is 0.299. The fourth-order valence-electron chi connectivity index (χ4n) is 1.87. The van der Waals surface area contributed by atoms with E-state index >= 15 is 0 Å². The molecule has 1 aliphatic carbocycles. The molecule has 1 fully saturated rings. The third-order valence-electron chi connectivity index (χ3n) is 3.09. The zero-order valence-electron chi connectivity index (χ0n) is 9.69. The van der Waals surface area contributed by atoms with Gasteiger partial charge in [-0.05, 0) is 19.3 Å². The van der Waals surface area contributed by atoms with Crippen LogP contribution in [-0.4, -0.2) is 15.6 Å². The predicted octanol–water partition coefficient (Wildman–Crippen LogP) is 2.00.